The molecule has 1 heteroatoms. The summed E-state index contributed by atoms with van der Waals surface area (Å²) in [6.07, 6.45) is 18.9. The smallest absolute Gasteiger partial charge is 0.0918 e. The van der Waals surface area contributed by atoms with E-state index in [-0.39, 0.29) is 0 Å². The zero-order valence-electron chi connectivity index (χ0n) is 12.5. The molecule has 0 saturated heterocycles. The summed E-state index contributed by atoms with van der Waals surface area (Å²) in [5.41, 5.74) is 0. The van der Waals surface area contributed by atoms with Gasteiger partial charge >= 0.3 is 0 Å². The molecule has 1 aliphatic rings. The topological polar surface area (TPSA) is 9.23 Å². The molecule has 1 rings (SSSR count). The van der Waals surface area contributed by atoms with Crippen LogP contribution < -0.4 is 0 Å². The van der Waals surface area contributed by atoms with Crippen molar-refractivity contribution in [1.29, 1.82) is 0 Å². The van der Waals surface area contributed by atoms with Crippen LogP contribution in [0.4, 0.5) is 0 Å². The summed E-state index contributed by atoms with van der Waals surface area (Å²) in [6, 6.07) is 0. The summed E-state index contributed by atoms with van der Waals surface area (Å²) in [6.45, 7) is 2.33. The fourth-order valence-corrected chi connectivity index (χ4v) is 2.83. The van der Waals surface area contributed by atoms with Crippen LogP contribution in [-0.2, 0) is 4.74 Å². The predicted molar refractivity (Wildman–Crippen MR) is 79.7 cm³/mol. The maximum absolute atomic E-state index is 5.51. The van der Waals surface area contributed by atoms with Gasteiger partial charge < -0.3 is 4.74 Å². The third-order valence-corrected chi connectivity index (χ3v) is 4.07. The van der Waals surface area contributed by atoms with E-state index in [9.17, 15) is 0 Å². The van der Waals surface area contributed by atoms with Crippen LogP contribution in [0.25, 0.3) is 0 Å². The highest BCUT2D eigenvalue weighted by molar-refractivity contribution is 4.95. The second kappa shape index (κ2) is 10.5. The summed E-state index contributed by atoms with van der Waals surface area (Å²) in [4.78, 5) is 0. The minimum absolute atomic E-state index is 0.685. The van der Waals surface area contributed by atoms with Crippen LogP contribution in [0.5, 0.6) is 0 Å². The van der Waals surface area contributed by atoms with Gasteiger partial charge in [-0.05, 0) is 24.8 Å². The molecule has 0 N–H and O–H groups in total. The van der Waals surface area contributed by atoms with E-state index in [0.29, 0.717) is 5.92 Å². The molecule has 0 aliphatic heterocycles. The van der Waals surface area contributed by atoms with Gasteiger partial charge in [0.05, 0.1) is 12.9 Å². The van der Waals surface area contributed by atoms with Crippen LogP contribution >= 0.6 is 0 Å². The number of rotatable bonds is 1. The summed E-state index contributed by atoms with van der Waals surface area (Å²) in [7, 11) is 1.83. The second-order valence-electron chi connectivity index (χ2n) is 5.89. The van der Waals surface area contributed by atoms with E-state index in [2.05, 4.69) is 13.0 Å². The Labute approximate surface area is 114 Å². The standard InChI is InChI=1S/C17H32O/c1-16-13-11-9-7-5-3-4-6-8-10-12-14-17(15-16)18-2/h15-16H,3-14H2,1-2H3/b17-15+. The molecule has 0 aromatic heterocycles. The van der Waals surface area contributed by atoms with Crippen LogP contribution in [0.1, 0.15) is 84.0 Å². The van der Waals surface area contributed by atoms with E-state index < -0.39 is 0 Å². The van der Waals surface area contributed by atoms with Gasteiger partial charge in [-0.25, -0.2) is 0 Å². The molecule has 0 bridgehead atoms. The molecule has 18 heavy (non-hydrogen) atoms. The van der Waals surface area contributed by atoms with Crippen molar-refractivity contribution in [3.8, 4) is 0 Å². The zero-order valence-corrected chi connectivity index (χ0v) is 12.5. The van der Waals surface area contributed by atoms with Crippen molar-refractivity contribution >= 4 is 0 Å². The first-order valence-corrected chi connectivity index (χ1v) is 8.07. The van der Waals surface area contributed by atoms with Gasteiger partial charge in [0.25, 0.3) is 0 Å². The summed E-state index contributed by atoms with van der Waals surface area (Å²) in [5.74, 6) is 1.91. The molecular weight excluding hydrogens is 220 g/mol. The first-order chi connectivity index (χ1) is 8.83. The first-order valence-electron chi connectivity index (χ1n) is 8.07. The van der Waals surface area contributed by atoms with Crippen LogP contribution in [-0.4, -0.2) is 7.11 Å². The van der Waals surface area contributed by atoms with Crippen LogP contribution in [0, 0.1) is 5.92 Å². The van der Waals surface area contributed by atoms with Crippen molar-refractivity contribution in [2.24, 2.45) is 5.92 Å². The van der Waals surface area contributed by atoms with Crippen molar-refractivity contribution in [1.82, 2.24) is 0 Å². The van der Waals surface area contributed by atoms with Crippen molar-refractivity contribution in [2.45, 2.75) is 84.0 Å². The quantitative estimate of drug-likeness (QED) is 0.569. The van der Waals surface area contributed by atoms with Crippen molar-refractivity contribution in [2.75, 3.05) is 7.11 Å². The zero-order chi connectivity index (χ0) is 13.1. The van der Waals surface area contributed by atoms with Crippen molar-refractivity contribution in [3.05, 3.63) is 11.8 Å². The average molecular weight is 252 g/mol. The maximum Gasteiger partial charge on any atom is 0.0918 e. The molecule has 0 amide bonds. The molecule has 0 saturated carbocycles. The highest BCUT2D eigenvalue weighted by Gasteiger charge is 2.04. The molecule has 1 nitrogen and oxygen atoms in total. The average Bonchev–Trinajstić information content (AvgIpc) is 2.38. The fraction of sp³-hybridized carbons (Fsp3) is 0.882. The number of methoxy groups -OCH3 is 1. The molecule has 0 spiro atoms. The van der Waals surface area contributed by atoms with E-state index in [4.69, 9.17) is 4.74 Å². The third kappa shape index (κ3) is 7.79. The Bertz CT molecular complexity index is 220. The lowest BCUT2D eigenvalue weighted by atomic mass is 10.0. The Balaban J connectivity index is 2.37. The molecular formula is C17H32O. The lowest BCUT2D eigenvalue weighted by Gasteiger charge is -2.10. The van der Waals surface area contributed by atoms with Gasteiger partial charge in [-0.3, -0.25) is 0 Å². The Morgan fingerprint density at radius 1 is 0.833 bits per heavy atom. The Kier molecular flexibility index (Phi) is 9.06. The van der Waals surface area contributed by atoms with Gasteiger partial charge in [-0.1, -0.05) is 64.7 Å². The van der Waals surface area contributed by atoms with Crippen LogP contribution in [0.2, 0.25) is 0 Å². The van der Waals surface area contributed by atoms with Crippen LogP contribution in [0.3, 0.4) is 0 Å². The molecule has 0 aromatic rings. The number of ether oxygens (including phenoxy) is 1. The predicted octanol–water partition coefficient (Wildman–Crippen LogP) is 5.85. The molecule has 1 unspecified atom stereocenters. The third-order valence-electron chi connectivity index (χ3n) is 4.07. The Hall–Kier alpha value is -0.460. The molecule has 0 fully saturated rings. The van der Waals surface area contributed by atoms with E-state index in [1.54, 1.807) is 0 Å². The van der Waals surface area contributed by atoms with Gasteiger partial charge in [0, 0.05) is 6.42 Å². The molecule has 1 atom stereocenters. The minimum Gasteiger partial charge on any atom is -0.501 e. The van der Waals surface area contributed by atoms with Gasteiger partial charge in [0.15, 0.2) is 0 Å². The van der Waals surface area contributed by atoms with Gasteiger partial charge in [0.1, 0.15) is 0 Å². The molecule has 0 aromatic carbocycles. The van der Waals surface area contributed by atoms with Crippen molar-refractivity contribution in [3.63, 3.8) is 0 Å². The number of hydrogen-bond donors (Lipinski definition) is 0. The van der Waals surface area contributed by atoms with Crippen molar-refractivity contribution < 1.29 is 4.74 Å². The van der Waals surface area contributed by atoms with E-state index in [1.165, 1.54) is 76.4 Å². The SMILES string of the molecule is CO/C1=C/C(C)CCCCCCCCCCCC1. The molecule has 0 radical (unpaired) electrons. The highest BCUT2D eigenvalue weighted by Crippen LogP contribution is 2.19. The molecule has 0 heterocycles. The van der Waals surface area contributed by atoms with Gasteiger partial charge in [-0.15, -0.1) is 0 Å². The van der Waals surface area contributed by atoms with E-state index >= 15 is 0 Å². The van der Waals surface area contributed by atoms with Gasteiger partial charge in [-0.2, -0.15) is 0 Å². The summed E-state index contributed by atoms with van der Waals surface area (Å²) >= 11 is 0. The molecule has 1 aliphatic carbocycles. The first kappa shape index (κ1) is 15.6. The normalized spacial score (nSPS) is 28.6. The summed E-state index contributed by atoms with van der Waals surface area (Å²) < 4.78 is 5.51. The van der Waals surface area contributed by atoms with E-state index in [1.807, 2.05) is 7.11 Å². The summed E-state index contributed by atoms with van der Waals surface area (Å²) in [5, 5.41) is 0. The second-order valence-corrected chi connectivity index (χ2v) is 5.89. The molecule has 106 valence electrons. The minimum atomic E-state index is 0.685. The Morgan fingerprint density at radius 2 is 1.33 bits per heavy atom. The monoisotopic (exact) mass is 252 g/mol. The highest BCUT2D eigenvalue weighted by atomic mass is 16.5. The lowest BCUT2D eigenvalue weighted by molar-refractivity contribution is 0.269. The Morgan fingerprint density at radius 3 is 1.89 bits per heavy atom. The number of hydrogen-bond acceptors (Lipinski definition) is 1. The fourth-order valence-electron chi connectivity index (χ4n) is 2.83. The largest absolute Gasteiger partial charge is 0.501 e. The lowest BCUT2D eigenvalue weighted by Crippen LogP contribution is -1.95. The van der Waals surface area contributed by atoms with Crippen LogP contribution in [0.15, 0.2) is 11.8 Å². The van der Waals surface area contributed by atoms with E-state index in [0.717, 1.165) is 6.42 Å². The number of allylic oxidation sites excluding steroid dienone is 2. The maximum atomic E-state index is 5.51. The van der Waals surface area contributed by atoms with Gasteiger partial charge in [0.2, 0.25) is 0 Å².